The summed E-state index contributed by atoms with van der Waals surface area (Å²) in [4.78, 5) is 16.1. The highest BCUT2D eigenvalue weighted by Crippen LogP contribution is 2.38. The molecule has 1 aliphatic heterocycles. The fraction of sp³-hybridized carbons (Fsp3) is 0.412. The van der Waals surface area contributed by atoms with E-state index in [4.69, 9.17) is 4.52 Å². The zero-order valence-corrected chi connectivity index (χ0v) is 13.9. The van der Waals surface area contributed by atoms with E-state index in [1.165, 1.54) is 0 Å². The summed E-state index contributed by atoms with van der Waals surface area (Å²) in [6.45, 7) is 6.72. The van der Waals surface area contributed by atoms with E-state index in [-0.39, 0.29) is 5.91 Å². The first-order chi connectivity index (χ1) is 10.6. The van der Waals surface area contributed by atoms with Gasteiger partial charge in [-0.25, -0.2) is 0 Å². The normalized spacial score (nSPS) is 18.0. The molecule has 0 bridgehead atoms. The molecule has 4 nitrogen and oxygen atoms in total. The Balaban J connectivity index is 2.04. The number of hydrogen-bond acceptors (Lipinski definition) is 4. The van der Waals surface area contributed by atoms with Gasteiger partial charge >= 0.3 is 0 Å². The molecular formula is C17H20N2O2S. The van der Waals surface area contributed by atoms with Crippen LogP contribution in [0.25, 0.3) is 0 Å². The Morgan fingerprint density at radius 1 is 1.45 bits per heavy atom. The molecule has 0 spiro atoms. The summed E-state index contributed by atoms with van der Waals surface area (Å²) >= 11 is 1.83. The van der Waals surface area contributed by atoms with Crippen LogP contribution < -0.4 is 4.90 Å². The van der Waals surface area contributed by atoms with Crippen molar-refractivity contribution in [2.45, 2.75) is 43.8 Å². The summed E-state index contributed by atoms with van der Waals surface area (Å²) in [6, 6.07) is 8.11. The smallest absolute Gasteiger partial charge is 0.263 e. The lowest BCUT2D eigenvalue weighted by molar-refractivity contribution is 0.0984. The second-order valence-electron chi connectivity index (χ2n) is 5.56. The minimum Gasteiger partial charge on any atom is -0.361 e. The predicted octanol–water partition coefficient (Wildman–Crippen LogP) is 4.08. The van der Waals surface area contributed by atoms with Crippen LogP contribution in [0.4, 0.5) is 5.69 Å². The van der Waals surface area contributed by atoms with Crippen LogP contribution in [0.2, 0.25) is 0 Å². The number of anilines is 1. The highest BCUT2D eigenvalue weighted by molar-refractivity contribution is 8.00. The number of rotatable bonds is 2. The lowest BCUT2D eigenvalue weighted by atomic mass is 10.1. The van der Waals surface area contributed by atoms with Gasteiger partial charge in [0.2, 0.25) is 0 Å². The number of carbonyl (C=O) groups excluding carboxylic acids is 1. The summed E-state index contributed by atoms with van der Waals surface area (Å²) in [5.74, 6) is 0.599. The van der Waals surface area contributed by atoms with Gasteiger partial charge in [0.25, 0.3) is 5.91 Å². The first-order valence-electron chi connectivity index (χ1n) is 7.64. The maximum atomic E-state index is 13.1. The van der Waals surface area contributed by atoms with Gasteiger partial charge in [-0.15, -0.1) is 11.8 Å². The van der Waals surface area contributed by atoms with E-state index >= 15 is 0 Å². The molecule has 3 rings (SSSR count). The number of benzene rings is 1. The largest absolute Gasteiger partial charge is 0.361 e. The van der Waals surface area contributed by atoms with Crippen LogP contribution in [-0.4, -0.2) is 22.9 Å². The third kappa shape index (κ3) is 2.65. The van der Waals surface area contributed by atoms with E-state index in [0.717, 1.165) is 29.2 Å². The second kappa shape index (κ2) is 6.16. The van der Waals surface area contributed by atoms with Crippen molar-refractivity contribution in [1.82, 2.24) is 5.16 Å². The minimum absolute atomic E-state index is 0.00208. The van der Waals surface area contributed by atoms with Crippen molar-refractivity contribution in [2.75, 3.05) is 11.4 Å². The van der Waals surface area contributed by atoms with Crippen molar-refractivity contribution >= 4 is 23.4 Å². The topological polar surface area (TPSA) is 46.3 Å². The monoisotopic (exact) mass is 316 g/mol. The van der Waals surface area contributed by atoms with E-state index in [1.54, 1.807) is 6.92 Å². The van der Waals surface area contributed by atoms with Crippen LogP contribution in [-0.2, 0) is 6.42 Å². The summed E-state index contributed by atoms with van der Waals surface area (Å²) in [7, 11) is 0. The predicted molar refractivity (Wildman–Crippen MR) is 88.7 cm³/mol. The number of aromatic nitrogens is 1. The molecular weight excluding hydrogens is 296 g/mol. The molecule has 0 fully saturated rings. The van der Waals surface area contributed by atoms with E-state index in [1.807, 2.05) is 41.8 Å². The molecule has 1 unspecified atom stereocenters. The summed E-state index contributed by atoms with van der Waals surface area (Å²) < 4.78 is 5.24. The molecule has 2 aromatic rings. The molecule has 1 amide bonds. The first kappa shape index (κ1) is 15.2. The summed E-state index contributed by atoms with van der Waals surface area (Å²) in [5, 5.41) is 4.51. The van der Waals surface area contributed by atoms with Crippen LogP contribution >= 0.6 is 11.8 Å². The third-order valence-corrected chi connectivity index (χ3v) is 5.21. The highest BCUT2D eigenvalue weighted by Gasteiger charge is 2.29. The van der Waals surface area contributed by atoms with Crippen LogP contribution in [0, 0.1) is 6.92 Å². The molecule has 0 saturated heterocycles. The number of nitrogens with zero attached hydrogens (tertiary/aromatic N) is 2. The summed E-state index contributed by atoms with van der Waals surface area (Å²) in [6.07, 6.45) is 1.66. The van der Waals surface area contributed by atoms with Gasteiger partial charge < -0.3 is 9.42 Å². The molecule has 0 radical (unpaired) electrons. The SMILES string of the molecule is CCc1noc(C)c1C(=O)N1CCC(C)Sc2ccccc21. The van der Waals surface area contributed by atoms with Crippen LogP contribution in [0.15, 0.2) is 33.7 Å². The first-order valence-corrected chi connectivity index (χ1v) is 8.52. The fourth-order valence-electron chi connectivity index (χ4n) is 2.77. The molecule has 22 heavy (non-hydrogen) atoms. The second-order valence-corrected chi connectivity index (χ2v) is 7.04. The van der Waals surface area contributed by atoms with E-state index in [9.17, 15) is 4.79 Å². The van der Waals surface area contributed by atoms with Crippen molar-refractivity contribution in [3.8, 4) is 0 Å². The van der Waals surface area contributed by atoms with Crippen molar-refractivity contribution in [1.29, 1.82) is 0 Å². The zero-order chi connectivity index (χ0) is 15.7. The van der Waals surface area contributed by atoms with Gasteiger partial charge in [0.05, 0.1) is 11.4 Å². The van der Waals surface area contributed by atoms with Gasteiger partial charge in [-0.05, 0) is 31.9 Å². The maximum absolute atomic E-state index is 13.1. The number of aryl methyl sites for hydroxylation is 2. The quantitative estimate of drug-likeness (QED) is 0.837. The lowest BCUT2D eigenvalue weighted by Crippen LogP contribution is -2.33. The average molecular weight is 316 g/mol. The number of fused-ring (bicyclic) bond motifs is 1. The number of amides is 1. The van der Waals surface area contributed by atoms with Gasteiger partial charge in [-0.3, -0.25) is 4.79 Å². The number of carbonyl (C=O) groups is 1. The molecule has 1 atom stereocenters. The molecule has 1 aromatic carbocycles. The Labute approximate surface area is 134 Å². The fourth-order valence-corrected chi connectivity index (χ4v) is 3.88. The Morgan fingerprint density at radius 2 is 2.23 bits per heavy atom. The number of thioether (sulfide) groups is 1. The standard InChI is InChI=1S/C17H20N2O2S/c1-4-13-16(12(3)21-18-13)17(20)19-10-9-11(2)22-15-8-6-5-7-14(15)19/h5-8,11H,4,9-10H2,1-3H3. The lowest BCUT2D eigenvalue weighted by Gasteiger charge is -2.22. The minimum atomic E-state index is -0.00208. The van der Waals surface area contributed by atoms with Crippen LogP contribution in [0.3, 0.4) is 0 Å². The Kier molecular flexibility index (Phi) is 4.25. The van der Waals surface area contributed by atoms with Crippen molar-refractivity contribution in [3.63, 3.8) is 0 Å². The Morgan fingerprint density at radius 3 is 3.00 bits per heavy atom. The van der Waals surface area contributed by atoms with E-state index in [0.29, 0.717) is 23.0 Å². The molecule has 0 N–H and O–H groups in total. The maximum Gasteiger partial charge on any atom is 0.263 e. The summed E-state index contributed by atoms with van der Waals surface area (Å²) in [5.41, 5.74) is 2.35. The molecule has 2 heterocycles. The Bertz CT molecular complexity index is 696. The zero-order valence-electron chi connectivity index (χ0n) is 13.1. The number of hydrogen-bond donors (Lipinski definition) is 0. The molecule has 1 aliphatic rings. The van der Waals surface area contributed by atoms with Gasteiger partial charge in [0.15, 0.2) is 0 Å². The third-order valence-electron chi connectivity index (χ3n) is 3.97. The van der Waals surface area contributed by atoms with Crippen molar-refractivity contribution in [3.05, 3.63) is 41.3 Å². The number of para-hydroxylation sites is 1. The molecule has 1 aromatic heterocycles. The van der Waals surface area contributed by atoms with Crippen LogP contribution in [0.1, 0.15) is 42.1 Å². The van der Waals surface area contributed by atoms with Gasteiger partial charge in [-0.2, -0.15) is 0 Å². The van der Waals surface area contributed by atoms with Gasteiger partial charge in [-0.1, -0.05) is 31.1 Å². The molecule has 116 valence electrons. The molecule has 0 aliphatic carbocycles. The van der Waals surface area contributed by atoms with Crippen LogP contribution in [0.5, 0.6) is 0 Å². The van der Waals surface area contributed by atoms with E-state index in [2.05, 4.69) is 18.1 Å². The molecule has 0 saturated carbocycles. The van der Waals surface area contributed by atoms with Crippen molar-refractivity contribution in [2.24, 2.45) is 0 Å². The molecule has 5 heteroatoms. The van der Waals surface area contributed by atoms with Crippen molar-refractivity contribution < 1.29 is 9.32 Å². The highest BCUT2D eigenvalue weighted by atomic mass is 32.2. The van der Waals surface area contributed by atoms with Gasteiger partial charge in [0, 0.05) is 16.7 Å². The van der Waals surface area contributed by atoms with Gasteiger partial charge in [0.1, 0.15) is 11.3 Å². The Hall–Kier alpha value is -1.75. The average Bonchev–Trinajstić information content (AvgIpc) is 2.80. The van der Waals surface area contributed by atoms with E-state index < -0.39 is 0 Å².